The molecule has 0 spiro atoms. The summed E-state index contributed by atoms with van der Waals surface area (Å²) in [4.78, 5) is 2.85. The highest BCUT2D eigenvalue weighted by atomic mass is 33.1. The predicted octanol–water partition coefficient (Wildman–Crippen LogP) is 8.98. The average Bonchev–Trinajstić information content (AvgIpc) is 3.51. The van der Waals surface area contributed by atoms with Crippen LogP contribution in [0.25, 0.3) is 0 Å². The van der Waals surface area contributed by atoms with Gasteiger partial charge in [0.25, 0.3) is 0 Å². The summed E-state index contributed by atoms with van der Waals surface area (Å²) >= 11 is 0. The van der Waals surface area contributed by atoms with Gasteiger partial charge in [0.05, 0.1) is 17.8 Å². The van der Waals surface area contributed by atoms with E-state index < -0.39 is 5.60 Å². The number of aliphatic hydroxyl groups excluding tert-OH is 2. The van der Waals surface area contributed by atoms with E-state index in [9.17, 15) is 15.3 Å². The fraction of sp³-hybridized carbons (Fsp3) is 0.733. The summed E-state index contributed by atoms with van der Waals surface area (Å²) in [5.74, 6) is 7.79. The highest BCUT2D eigenvalue weighted by Crippen LogP contribution is 2.67. The Morgan fingerprint density at radius 1 is 0.745 bits per heavy atom. The standard InChI is InChI=1S/C45H63NO3S2/c1-44-19-18-33(47)21-41(44)42(48)23-37-35-16-17-39-38(36(35)22-40(37)44)25-46-24-29-13-15-30(14-12-28-8-4-3-5-9-28)34-11-7-6-10-31(34)26-50-51-27-32(20-29)43(46)45(39,2)49/h3-11,29-30,32-33,35-43,47-49H,12-27H2,1-2H3/t29-,30+,32-,33+,35-,36-,37-,38+,39-,40+,41-,42+,43+,44-,45+/m1/s1. The largest absolute Gasteiger partial charge is 0.393 e. The van der Waals surface area contributed by atoms with Crippen molar-refractivity contribution in [3.63, 3.8) is 0 Å². The average molecular weight is 730 g/mol. The number of hydrogen-bond acceptors (Lipinski definition) is 6. The Morgan fingerprint density at radius 2 is 1.57 bits per heavy atom. The highest BCUT2D eigenvalue weighted by Gasteiger charge is 2.65. The molecule has 3 aliphatic heterocycles. The molecule has 4 saturated carbocycles. The lowest BCUT2D eigenvalue weighted by Gasteiger charge is -2.62. The summed E-state index contributed by atoms with van der Waals surface area (Å²) in [6.07, 6.45) is 13.0. The van der Waals surface area contributed by atoms with Crippen molar-refractivity contribution in [2.24, 2.45) is 58.7 Å². The molecule has 7 aliphatic rings. The van der Waals surface area contributed by atoms with Gasteiger partial charge in [-0.15, -0.1) is 0 Å². The maximum absolute atomic E-state index is 12.9. The zero-order valence-corrected chi connectivity index (χ0v) is 32.8. The van der Waals surface area contributed by atoms with Gasteiger partial charge in [0, 0.05) is 30.6 Å². The second-order valence-electron chi connectivity index (χ2n) is 19.1. The zero-order chi connectivity index (χ0) is 34.9. The lowest BCUT2D eigenvalue weighted by molar-refractivity contribution is -0.190. The number of hydrogen-bond donors (Lipinski definition) is 3. The number of piperidine rings is 2. The van der Waals surface area contributed by atoms with Crippen molar-refractivity contribution in [1.29, 1.82) is 0 Å². The molecule has 6 heteroatoms. The predicted molar refractivity (Wildman–Crippen MR) is 211 cm³/mol. The molecule has 4 aliphatic carbocycles. The van der Waals surface area contributed by atoms with Crippen molar-refractivity contribution in [2.75, 3.05) is 18.8 Å². The van der Waals surface area contributed by atoms with E-state index in [1.165, 1.54) is 56.2 Å². The molecule has 2 saturated heterocycles. The molecule has 2 bridgehead atoms. The van der Waals surface area contributed by atoms with E-state index in [1.807, 2.05) is 10.8 Å². The fourth-order valence-electron chi connectivity index (χ4n) is 14.4. The molecule has 2 aromatic rings. The Balaban J connectivity index is 0.965. The quantitative estimate of drug-likeness (QED) is 0.274. The smallest absolute Gasteiger partial charge is 0.0808 e. The molecule has 15 atom stereocenters. The molecule has 3 N–H and O–H groups in total. The van der Waals surface area contributed by atoms with Gasteiger partial charge in [-0.2, -0.15) is 0 Å². The molecule has 0 amide bonds. The van der Waals surface area contributed by atoms with E-state index in [2.05, 4.69) is 84.1 Å². The van der Waals surface area contributed by atoms with Crippen molar-refractivity contribution in [3.8, 4) is 0 Å². The fourth-order valence-corrected chi connectivity index (χ4v) is 16.9. The van der Waals surface area contributed by atoms with Crippen molar-refractivity contribution in [2.45, 2.75) is 126 Å². The van der Waals surface area contributed by atoms with Gasteiger partial charge in [0.2, 0.25) is 0 Å². The van der Waals surface area contributed by atoms with Gasteiger partial charge in [0.1, 0.15) is 0 Å². The third kappa shape index (κ3) is 6.40. The van der Waals surface area contributed by atoms with Crippen LogP contribution in [0.15, 0.2) is 54.6 Å². The monoisotopic (exact) mass is 729 g/mol. The van der Waals surface area contributed by atoms with Gasteiger partial charge in [-0.1, -0.05) is 83.1 Å². The molecule has 0 radical (unpaired) electrons. The van der Waals surface area contributed by atoms with E-state index in [4.69, 9.17) is 0 Å². The molecular formula is C45H63NO3S2. The number of nitrogens with zero attached hydrogens (tertiary/aromatic N) is 1. The van der Waals surface area contributed by atoms with Crippen molar-refractivity contribution < 1.29 is 15.3 Å². The number of fused-ring (bicyclic) bond motifs is 12. The van der Waals surface area contributed by atoms with Crippen LogP contribution in [-0.4, -0.2) is 62.9 Å². The summed E-state index contributed by atoms with van der Waals surface area (Å²) < 4.78 is 0. The summed E-state index contributed by atoms with van der Waals surface area (Å²) in [5, 5.41) is 35.0. The summed E-state index contributed by atoms with van der Waals surface area (Å²) in [6, 6.07) is 20.7. The third-order valence-corrected chi connectivity index (χ3v) is 19.0. The Hall–Kier alpha value is -1.02. The first-order valence-corrected chi connectivity index (χ1v) is 23.4. The number of aryl methyl sites for hydroxylation is 1. The second-order valence-corrected chi connectivity index (χ2v) is 21.6. The molecular weight excluding hydrogens is 667 g/mol. The van der Waals surface area contributed by atoms with Crippen LogP contribution < -0.4 is 0 Å². The first kappa shape index (κ1) is 35.7. The third-order valence-electron chi connectivity index (χ3n) is 16.6. The van der Waals surface area contributed by atoms with Gasteiger partial charge in [-0.05, 0) is 165 Å². The molecule has 2 aromatic carbocycles. The van der Waals surface area contributed by atoms with Gasteiger partial charge in [-0.3, -0.25) is 4.90 Å². The number of rotatable bonds is 3. The first-order chi connectivity index (χ1) is 24.7. The van der Waals surface area contributed by atoms with E-state index in [-0.39, 0.29) is 29.6 Å². The number of benzene rings is 2. The summed E-state index contributed by atoms with van der Waals surface area (Å²) in [5.41, 5.74) is 4.05. The van der Waals surface area contributed by atoms with E-state index in [0.29, 0.717) is 53.3 Å². The lowest BCUT2D eigenvalue weighted by Crippen LogP contribution is -2.70. The molecule has 3 heterocycles. The van der Waals surface area contributed by atoms with E-state index >= 15 is 0 Å². The Labute approximate surface area is 315 Å². The Kier molecular flexibility index (Phi) is 9.96. The zero-order valence-electron chi connectivity index (χ0n) is 31.1. The maximum atomic E-state index is 12.9. The molecule has 4 nitrogen and oxygen atoms in total. The Bertz CT molecular complexity index is 1520. The van der Waals surface area contributed by atoms with Crippen LogP contribution in [0.1, 0.15) is 107 Å². The Morgan fingerprint density at radius 3 is 2.43 bits per heavy atom. The van der Waals surface area contributed by atoms with Crippen LogP contribution in [-0.2, 0) is 12.2 Å². The summed E-state index contributed by atoms with van der Waals surface area (Å²) in [7, 11) is 4.12. The normalized spacial score (nSPS) is 46.9. The lowest BCUT2D eigenvalue weighted by atomic mass is 9.51. The van der Waals surface area contributed by atoms with Crippen LogP contribution in [0.2, 0.25) is 0 Å². The van der Waals surface area contributed by atoms with Crippen LogP contribution >= 0.6 is 21.6 Å². The van der Waals surface area contributed by atoms with Crippen molar-refractivity contribution in [3.05, 3.63) is 71.3 Å². The topological polar surface area (TPSA) is 63.9 Å². The van der Waals surface area contributed by atoms with E-state index in [1.54, 1.807) is 5.56 Å². The van der Waals surface area contributed by atoms with Gasteiger partial charge in [-0.25, -0.2) is 0 Å². The minimum atomic E-state index is -0.661. The van der Waals surface area contributed by atoms with Gasteiger partial charge >= 0.3 is 0 Å². The van der Waals surface area contributed by atoms with Crippen LogP contribution in [0.4, 0.5) is 0 Å². The summed E-state index contributed by atoms with van der Waals surface area (Å²) in [6.45, 7) is 7.06. The van der Waals surface area contributed by atoms with E-state index in [0.717, 1.165) is 56.6 Å². The van der Waals surface area contributed by atoms with Crippen LogP contribution in [0.3, 0.4) is 0 Å². The molecule has 6 fully saturated rings. The maximum Gasteiger partial charge on any atom is 0.0808 e. The SMILES string of the molecule is C[C@]1(O)[C@@H]2CC[C@@H]3[C@@H](C[C@H]4[C@@H]3C[C@H](O)[C@H]3C[C@@H](O)CC[C@@]34C)[C@@H]2CN2C[C@@H]3CC[C@H](CCc4ccccc4)c4ccccc4CSSC[C@@H](C3)[C@H]21. The minimum Gasteiger partial charge on any atom is -0.393 e. The first-order valence-electron chi connectivity index (χ1n) is 20.9. The van der Waals surface area contributed by atoms with Gasteiger partial charge in [0.15, 0.2) is 0 Å². The van der Waals surface area contributed by atoms with Crippen LogP contribution in [0.5, 0.6) is 0 Å². The van der Waals surface area contributed by atoms with Gasteiger partial charge < -0.3 is 15.3 Å². The molecule has 278 valence electrons. The minimum absolute atomic E-state index is 0.144. The molecule has 51 heavy (non-hydrogen) atoms. The highest BCUT2D eigenvalue weighted by molar-refractivity contribution is 8.76. The van der Waals surface area contributed by atoms with Crippen molar-refractivity contribution >= 4 is 21.6 Å². The van der Waals surface area contributed by atoms with Crippen LogP contribution in [0, 0.1) is 58.7 Å². The second kappa shape index (κ2) is 14.2. The molecule has 0 aromatic heterocycles. The van der Waals surface area contributed by atoms with Crippen molar-refractivity contribution in [1.82, 2.24) is 4.90 Å². The molecule has 0 unspecified atom stereocenters. The molecule has 9 rings (SSSR count). The number of aliphatic hydroxyl groups is 3.